The van der Waals surface area contributed by atoms with Crippen molar-refractivity contribution in [3.05, 3.63) is 0 Å². The van der Waals surface area contributed by atoms with E-state index in [1.165, 1.54) is 57.8 Å². The van der Waals surface area contributed by atoms with Crippen molar-refractivity contribution >= 4 is 39.2 Å². The van der Waals surface area contributed by atoms with Crippen LogP contribution in [0, 0.1) is 0 Å². The molecule has 0 spiro atoms. The molecule has 0 unspecified atom stereocenters. The summed E-state index contributed by atoms with van der Waals surface area (Å²) >= 11 is 17.5. The van der Waals surface area contributed by atoms with Crippen LogP contribution < -0.4 is 0 Å². The Kier molecular flexibility index (Phi) is 13.8. The van der Waals surface area contributed by atoms with Gasteiger partial charge in [-0.2, -0.15) is 0 Å². The molecule has 0 saturated carbocycles. The number of hydrogen-bond donors (Lipinski definition) is 1. The van der Waals surface area contributed by atoms with Gasteiger partial charge >= 0.3 is 6.00 Å². The van der Waals surface area contributed by atoms with E-state index in [0.717, 1.165) is 18.9 Å². The van der Waals surface area contributed by atoms with Crippen LogP contribution in [0.15, 0.2) is 0 Å². The van der Waals surface area contributed by atoms with E-state index in [0.29, 0.717) is 6.61 Å². The number of aliphatic hydroxyl groups excluding tert-OH is 1. The van der Waals surface area contributed by atoms with Gasteiger partial charge in [-0.1, -0.05) is 64.2 Å². The second-order valence-corrected chi connectivity index (χ2v) is 14.3. The molecule has 110 valence electrons. The first-order valence-electron chi connectivity index (χ1n) is 7.24. The van der Waals surface area contributed by atoms with Gasteiger partial charge < -0.3 is 5.11 Å². The standard InChI is InChI=1S/C13H27Cl3OSi/c14-18(15,16)13-11-9-7-5-3-1-2-4-6-8-10-12-17/h17H,1-13H2. The lowest BCUT2D eigenvalue weighted by Gasteiger charge is -2.06. The molecule has 0 aliphatic rings. The van der Waals surface area contributed by atoms with Gasteiger partial charge in [-0.25, -0.2) is 0 Å². The number of hydrogen-bond acceptors (Lipinski definition) is 1. The van der Waals surface area contributed by atoms with Gasteiger partial charge in [0.05, 0.1) is 0 Å². The van der Waals surface area contributed by atoms with Crippen molar-refractivity contribution in [2.75, 3.05) is 6.61 Å². The van der Waals surface area contributed by atoms with E-state index in [2.05, 4.69) is 0 Å². The zero-order valence-electron chi connectivity index (χ0n) is 11.3. The maximum absolute atomic E-state index is 8.64. The number of halogens is 3. The minimum Gasteiger partial charge on any atom is -0.396 e. The molecule has 0 fully saturated rings. The predicted octanol–water partition coefficient (Wildman–Crippen LogP) is 5.93. The van der Waals surface area contributed by atoms with Crippen LogP contribution in [0.5, 0.6) is 0 Å². The molecule has 0 aromatic rings. The van der Waals surface area contributed by atoms with Crippen LogP contribution in [-0.4, -0.2) is 17.7 Å². The molecule has 0 aromatic carbocycles. The Balaban J connectivity index is 2.99. The lowest BCUT2D eigenvalue weighted by Crippen LogP contribution is -2.07. The van der Waals surface area contributed by atoms with Crippen molar-refractivity contribution in [3.8, 4) is 0 Å². The van der Waals surface area contributed by atoms with Crippen molar-refractivity contribution in [2.45, 2.75) is 76.7 Å². The third-order valence-corrected chi connectivity index (χ3v) is 5.74. The van der Waals surface area contributed by atoms with Crippen molar-refractivity contribution < 1.29 is 5.11 Å². The predicted molar refractivity (Wildman–Crippen MR) is 86.0 cm³/mol. The van der Waals surface area contributed by atoms with Gasteiger partial charge in [-0.15, -0.1) is 33.2 Å². The van der Waals surface area contributed by atoms with Gasteiger partial charge in [0.25, 0.3) is 0 Å². The molecule has 0 rings (SSSR count). The Bertz CT molecular complexity index is 174. The smallest absolute Gasteiger partial charge is 0.341 e. The molecule has 0 atom stereocenters. The molecular weight excluding hydrogens is 307 g/mol. The van der Waals surface area contributed by atoms with Gasteiger partial charge in [0.1, 0.15) is 0 Å². The van der Waals surface area contributed by atoms with E-state index >= 15 is 0 Å². The molecular formula is C13H27Cl3OSi. The van der Waals surface area contributed by atoms with Crippen molar-refractivity contribution in [3.63, 3.8) is 0 Å². The highest BCUT2D eigenvalue weighted by atomic mass is 35.8. The number of rotatable bonds is 13. The molecule has 1 N–H and O–H groups in total. The molecule has 0 aliphatic carbocycles. The fourth-order valence-electron chi connectivity index (χ4n) is 2.03. The monoisotopic (exact) mass is 332 g/mol. The first-order chi connectivity index (χ1) is 8.56. The van der Waals surface area contributed by atoms with Gasteiger partial charge in [0, 0.05) is 6.61 Å². The van der Waals surface area contributed by atoms with E-state index in [9.17, 15) is 0 Å². The fraction of sp³-hybridized carbons (Fsp3) is 1.00. The van der Waals surface area contributed by atoms with Gasteiger partial charge in [0.15, 0.2) is 0 Å². The van der Waals surface area contributed by atoms with E-state index in [1.54, 1.807) is 0 Å². The Morgan fingerprint density at radius 1 is 0.556 bits per heavy atom. The third kappa shape index (κ3) is 17.0. The maximum Gasteiger partial charge on any atom is 0.341 e. The van der Waals surface area contributed by atoms with Gasteiger partial charge in [0.2, 0.25) is 0 Å². The molecule has 0 heterocycles. The SMILES string of the molecule is OCCCCCCCCCCCCC[Si](Cl)(Cl)Cl. The second-order valence-electron chi connectivity index (χ2n) is 4.98. The molecule has 1 nitrogen and oxygen atoms in total. The van der Waals surface area contributed by atoms with Crippen LogP contribution in [0.25, 0.3) is 0 Å². The van der Waals surface area contributed by atoms with Crippen LogP contribution in [0.4, 0.5) is 0 Å². The Morgan fingerprint density at radius 3 is 1.22 bits per heavy atom. The summed E-state index contributed by atoms with van der Waals surface area (Å²) in [5.74, 6) is 0. The average Bonchev–Trinajstić information content (AvgIpc) is 2.29. The normalized spacial score (nSPS) is 12.0. The van der Waals surface area contributed by atoms with Crippen LogP contribution in [0.2, 0.25) is 6.04 Å². The van der Waals surface area contributed by atoms with E-state index in [1.807, 2.05) is 0 Å². The highest BCUT2D eigenvalue weighted by molar-refractivity contribution is 7.64. The Hall–Kier alpha value is 1.05. The summed E-state index contributed by atoms with van der Waals surface area (Å²) in [5, 5.41) is 8.64. The lowest BCUT2D eigenvalue weighted by molar-refractivity contribution is 0.282. The number of unbranched alkanes of at least 4 members (excludes halogenated alkanes) is 10. The summed E-state index contributed by atoms with van der Waals surface area (Å²) in [6.45, 7) is 0.344. The van der Waals surface area contributed by atoms with Crippen molar-refractivity contribution in [2.24, 2.45) is 0 Å². The number of aliphatic hydroxyl groups is 1. The summed E-state index contributed by atoms with van der Waals surface area (Å²) in [6.07, 6.45) is 13.6. The minimum absolute atomic E-state index is 0.344. The summed E-state index contributed by atoms with van der Waals surface area (Å²) in [5.41, 5.74) is 0. The molecule has 18 heavy (non-hydrogen) atoms. The quantitative estimate of drug-likeness (QED) is 0.252. The highest BCUT2D eigenvalue weighted by Crippen LogP contribution is 2.27. The van der Waals surface area contributed by atoms with Gasteiger partial charge in [-0.05, 0) is 12.5 Å². The van der Waals surface area contributed by atoms with Crippen LogP contribution in [0.1, 0.15) is 70.6 Å². The maximum atomic E-state index is 8.64. The van der Waals surface area contributed by atoms with Crippen LogP contribution in [-0.2, 0) is 0 Å². The van der Waals surface area contributed by atoms with Crippen molar-refractivity contribution in [1.29, 1.82) is 0 Å². The Labute approximate surface area is 127 Å². The van der Waals surface area contributed by atoms with E-state index < -0.39 is 6.00 Å². The average molecular weight is 334 g/mol. The summed E-state index contributed by atoms with van der Waals surface area (Å²) in [6, 6.07) is -1.55. The summed E-state index contributed by atoms with van der Waals surface area (Å²) in [7, 11) is 0. The lowest BCUT2D eigenvalue weighted by atomic mass is 10.1. The zero-order valence-corrected chi connectivity index (χ0v) is 14.5. The second kappa shape index (κ2) is 13.0. The third-order valence-electron chi connectivity index (χ3n) is 3.12. The van der Waals surface area contributed by atoms with E-state index in [4.69, 9.17) is 38.3 Å². The molecule has 0 saturated heterocycles. The first-order valence-corrected chi connectivity index (χ1v) is 12.5. The summed E-state index contributed by atoms with van der Waals surface area (Å²) in [4.78, 5) is 0. The fourth-order valence-corrected chi connectivity index (χ4v) is 3.88. The van der Waals surface area contributed by atoms with Gasteiger partial charge in [-0.3, -0.25) is 0 Å². The highest BCUT2D eigenvalue weighted by Gasteiger charge is 2.23. The van der Waals surface area contributed by atoms with Crippen LogP contribution >= 0.6 is 33.2 Å². The minimum atomic E-state index is -2.36. The topological polar surface area (TPSA) is 20.2 Å². The summed E-state index contributed by atoms with van der Waals surface area (Å²) < 4.78 is 0. The van der Waals surface area contributed by atoms with Crippen molar-refractivity contribution in [1.82, 2.24) is 0 Å². The zero-order chi connectivity index (χ0) is 13.7. The molecule has 0 aliphatic heterocycles. The molecule has 0 radical (unpaired) electrons. The molecule has 0 amide bonds. The van der Waals surface area contributed by atoms with Crippen LogP contribution in [0.3, 0.4) is 0 Å². The first kappa shape index (κ1) is 19.0. The Morgan fingerprint density at radius 2 is 0.889 bits per heavy atom. The largest absolute Gasteiger partial charge is 0.396 e. The van der Waals surface area contributed by atoms with E-state index in [-0.39, 0.29) is 0 Å². The molecule has 5 heteroatoms. The molecule has 0 aromatic heterocycles. The molecule has 0 bridgehead atoms.